The summed E-state index contributed by atoms with van der Waals surface area (Å²) in [6.45, 7) is 3.45. The van der Waals surface area contributed by atoms with Crippen molar-refractivity contribution in [3.63, 3.8) is 0 Å². The number of fused-ring (bicyclic) bond motifs is 3. The van der Waals surface area contributed by atoms with E-state index in [1.54, 1.807) is 5.70 Å². The maximum Gasteiger partial charge on any atom is 0.0321 e. The molecule has 16 heavy (non-hydrogen) atoms. The molecular weight excluding hydrogens is 196 g/mol. The Morgan fingerprint density at radius 3 is 2.94 bits per heavy atom. The number of allylic oxidation sites excluding steroid dienone is 4. The van der Waals surface area contributed by atoms with Crippen LogP contribution in [0.1, 0.15) is 39.0 Å². The molecular formula is C14H22N2. The number of nitrogens with two attached hydrogens (primary N) is 1. The van der Waals surface area contributed by atoms with E-state index in [0.29, 0.717) is 0 Å². The van der Waals surface area contributed by atoms with Crippen molar-refractivity contribution in [1.29, 1.82) is 0 Å². The summed E-state index contributed by atoms with van der Waals surface area (Å²) in [4.78, 5) is 2.65. The summed E-state index contributed by atoms with van der Waals surface area (Å²) in [5.74, 6) is 1.61. The Hall–Kier alpha value is -0.920. The lowest BCUT2D eigenvalue weighted by molar-refractivity contribution is 0.194. The van der Waals surface area contributed by atoms with Gasteiger partial charge in [0.15, 0.2) is 0 Å². The molecule has 2 N–H and O–H groups in total. The molecule has 3 unspecified atom stereocenters. The van der Waals surface area contributed by atoms with Gasteiger partial charge in [0.2, 0.25) is 0 Å². The molecule has 2 nitrogen and oxygen atoms in total. The van der Waals surface area contributed by atoms with Gasteiger partial charge in [0.1, 0.15) is 0 Å². The topological polar surface area (TPSA) is 29.3 Å². The van der Waals surface area contributed by atoms with Crippen molar-refractivity contribution < 1.29 is 0 Å². The fourth-order valence-corrected chi connectivity index (χ4v) is 4.03. The fourth-order valence-electron chi connectivity index (χ4n) is 4.03. The van der Waals surface area contributed by atoms with Crippen molar-refractivity contribution in [1.82, 2.24) is 4.90 Å². The minimum Gasteiger partial charge on any atom is -0.402 e. The molecule has 1 saturated carbocycles. The maximum absolute atomic E-state index is 6.00. The third kappa shape index (κ3) is 1.39. The lowest BCUT2D eigenvalue weighted by Gasteiger charge is -2.32. The van der Waals surface area contributed by atoms with Crippen LogP contribution in [0, 0.1) is 11.8 Å². The van der Waals surface area contributed by atoms with Crippen LogP contribution in [0.4, 0.5) is 0 Å². The summed E-state index contributed by atoms with van der Waals surface area (Å²) in [6, 6.07) is 0.814. The van der Waals surface area contributed by atoms with Crippen molar-refractivity contribution in [2.45, 2.75) is 45.1 Å². The molecule has 1 aliphatic heterocycles. The zero-order chi connectivity index (χ0) is 11.1. The van der Waals surface area contributed by atoms with Crippen LogP contribution in [0.3, 0.4) is 0 Å². The number of hydrogen-bond donors (Lipinski definition) is 1. The first-order chi connectivity index (χ1) is 7.81. The molecule has 0 radical (unpaired) electrons. The smallest absolute Gasteiger partial charge is 0.0321 e. The Bertz CT molecular complexity index is 339. The highest BCUT2D eigenvalue weighted by atomic mass is 15.2. The Morgan fingerprint density at radius 1 is 1.31 bits per heavy atom. The van der Waals surface area contributed by atoms with E-state index in [9.17, 15) is 0 Å². The number of likely N-dealkylation sites (tertiary alicyclic amines) is 1. The van der Waals surface area contributed by atoms with Gasteiger partial charge in [-0.15, -0.1) is 0 Å². The zero-order valence-corrected chi connectivity index (χ0v) is 10.2. The van der Waals surface area contributed by atoms with E-state index < -0.39 is 0 Å². The molecule has 0 bridgehead atoms. The molecule has 3 aliphatic rings. The molecule has 1 heterocycles. The summed E-state index contributed by atoms with van der Waals surface area (Å²) >= 11 is 0. The second-order valence-corrected chi connectivity index (χ2v) is 5.45. The Kier molecular flexibility index (Phi) is 2.45. The molecule has 2 heteroatoms. The van der Waals surface area contributed by atoms with Crippen LogP contribution in [0.15, 0.2) is 23.5 Å². The molecule has 1 saturated heterocycles. The van der Waals surface area contributed by atoms with Crippen LogP contribution >= 0.6 is 0 Å². The van der Waals surface area contributed by atoms with Crippen molar-refractivity contribution >= 4 is 0 Å². The highest BCUT2D eigenvalue weighted by molar-refractivity contribution is 5.29. The number of hydrogen-bond acceptors (Lipinski definition) is 2. The van der Waals surface area contributed by atoms with Gasteiger partial charge in [0.25, 0.3) is 0 Å². The van der Waals surface area contributed by atoms with E-state index in [2.05, 4.69) is 24.0 Å². The van der Waals surface area contributed by atoms with Gasteiger partial charge in [0, 0.05) is 29.9 Å². The van der Waals surface area contributed by atoms with E-state index in [1.807, 2.05) is 0 Å². The molecule has 0 aromatic heterocycles. The van der Waals surface area contributed by atoms with Gasteiger partial charge >= 0.3 is 0 Å². The van der Waals surface area contributed by atoms with E-state index in [0.717, 1.165) is 36.5 Å². The van der Waals surface area contributed by atoms with Crippen LogP contribution in [0.5, 0.6) is 0 Å². The van der Waals surface area contributed by atoms with Gasteiger partial charge in [-0.05, 0) is 44.3 Å². The summed E-state index contributed by atoms with van der Waals surface area (Å²) in [5.41, 5.74) is 8.65. The number of nitrogens with zero attached hydrogens (tertiary/aromatic N) is 1. The first-order valence-corrected chi connectivity index (χ1v) is 6.74. The van der Waals surface area contributed by atoms with Gasteiger partial charge < -0.3 is 10.6 Å². The SMILES string of the molecule is CCN1C2=CC=C(N)CC2C2CCCCC21. The monoisotopic (exact) mass is 218 g/mol. The lowest BCUT2D eigenvalue weighted by atomic mass is 9.76. The average Bonchev–Trinajstić information content (AvgIpc) is 2.62. The van der Waals surface area contributed by atoms with Crippen molar-refractivity contribution in [3.05, 3.63) is 23.5 Å². The Morgan fingerprint density at radius 2 is 2.12 bits per heavy atom. The largest absolute Gasteiger partial charge is 0.402 e. The third-order valence-corrected chi connectivity index (χ3v) is 4.67. The van der Waals surface area contributed by atoms with Crippen LogP contribution in [0.25, 0.3) is 0 Å². The number of rotatable bonds is 1. The van der Waals surface area contributed by atoms with Crippen LogP contribution in [0.2, 0.25) is 0 Å². The highest BCUT2D eigenvalue weighted by Crippen LogP contribution is 2.48. The van der Waals surface area contributed by atoms with Crippen molar-refractivity contribution in [3.8, 4) is 0 Å². The van der Waals surface area contributed by atoms with Gasteiger partial charge in [-0.2, -0.15) is 0 Å². The third-order valence-electron chi connectivity index (χ3n) is 4.67. The Balaban J connectivity index is 1.93. The molecule has 88 valence electrons. The normalized spacial score (nSPS) is 37.6. The molecule has 2 fully saturated rings. The summed E-state index contributed by atoms with van der Waals surface area (Å²) < 4.78 is 0. The lowest BCUT2D eigenvalue weighted by Crippen LogP contribution is -2.34. The van der Waals surface area contributed by atoms with Crippen LogP contribution in [-0.4, -0.2) is 17.5 Å². The molecule has 2 aliphatic carbocycles. The molecule has 0 aromatic rings. The van der Waals surface area contributed by atoms with Gasteiger partial charge in [-0.25, -0.2) is 0 Å². The van der Waals surface area contributed by atoms with E-state index >= 15 is 0 Å². The van der Waals surface area contributed by atoms with E-state index in [1.165, 1.54) is 25.7 Å². The standard InChI is InChI=1S/C14H22N2/c1-2-16-13-6-4-3-5-11(13)12-9-10(15)7-8-14(12)16/h7-8,11-13H,2-6,9,15H2,1H3. The zero-order valence-electron chi connectivity index (χ0n) is 10.2. The fraction of sp³-hybridized carbons (Fsp3) is 0.714. The summed E-state index contributed by atoms with van der Waals surface area (Å²) in [7, 11) is 0. The average molecular weight is 218 g/mol. The molecule has 3 rings (SSSR count). The van der Waals surface area contributed by atoms with Crippen molar-refractivity contribution in [2.24, 2.45) is 17.6 Å². The second-order valence-electron chi connectivity index (χ2n) is 5.45. The molecule has 3 atom stereocenters. The first-order valence-electron chi connectivity index (χ1n) is 6.74. The Labute approximate surface area is 98.2 Å². The van der Waals surface area contributed by atoms with Crippen LogP contribution in [-0.2, 0) is 0 Å². The van der Waals surface area contributed by atoms with E-state index in [-0.39, 0.29) is 0 Å². The van der Waals surface area contributed by atoms with Gasteiger partial charge in [-0.1, -0.05) is 12.8 Å². The highest BCUT2D eigenvalue weighted by Gasteiger charge is 2.45. The van der Waals surface area contributed by atoms with Gasteiger partial charge in [0.05, 0.1) is 0 Å². The second kappa shape index (κ2) is 3.83. The molecule has 0 aromatic carbocycles. The maximum atomic E-state index is 6.00. The molecule has 0 spiro atoms. The predicted octanol–water partition coefficient (Wildman–Crippen LogP) is 2.63. The minimum absolute atomic E-state index is 0.732. The summed E-state index contributed by atoms with van der Waals surface area (Å²) in [6.07, 6.45) is 11.1. The van der Waals surface area contributed by atoms with E-state index in [4.69, 9.17) is 5.73 Å². The quantitative estimate of drug-likeness (QED) is 0.733. The minimum atomic E-state index is 0.732. The van der Waals surface area contributed by atoms with Crippen LogP contribution < -0.4 is 5.73 Å². The molecule has 0 amide bonds. The van der Waals surface area contributed by atoms with Crippen molar-refractivity contribution in [2.75, 3.05) is 6.54 Å². The predicted molar refractivity (Wildman–Crippen MR) is 66.6 cm³/mol. The van der Waals surface area contributed by atoms with Gasteiger partial charge in [-0.3, -0.25) is 0 Å². The first kappa shape index (κ1) is 10.2. The summed E-state index contributed by atoms with van der Waals surface area (Å²) in [5, 5.41) is 0.